The SMILES string of the molecule is CC(CCC(=O)O)NC(=O)CCCCCN1C(=O)CC(C)C1C.CCNC(=O)CCc1ccccc1.CCNC(=O)CNC=O.NC=O.O=CO. The van der Waals surface area contributed by atoms with Gasteiger partial charge >= 0.3 is 5.97 Å². The highest BCUT2D eigenvalue weighted by Crippen LogP contribution is 2.25. The minimum Gasteiger partial charge on any atom is -0.483 e. The number of likely N-dealkylation sites (tertiary alicyclic amines) is 1. The quantitative estimate of drug-likeness (QED) is 0.0850. The van der Waals surface area contributed by atoms with Gasteiger partial charge in [0.15, 0.2) is 0 Å². The van der Waals surface area contributed by atoms with Gasteiger partial charge in [-0.1, -0.05) is 43.7 Å². The van der Waals surface area contributed by atoms with Crippen LogP contribution in [0.4, 0.5) is 0 Å². The molecule has 1 saturated heterocycles. The van der Waals surface area contributed by atoms with Gasteiger partial charge in [0.05, 0.1) is 6.54 Å². The topological polar surface area (TPSA) is 254 Å². The molecule has 3 unspecified atom stereocenters. The Morgan fingerprint density at radius 3 is 1.98 bits per heavy atom. The van der Waals surface area contributed by atoms with Crippen molar-refractivity contribution in [2.75, 3.05) is 26.2 Å². The van der Waals surface area contributed by atoms with E-state index in [1.807, 2.05) is 56.0 Å². The number of primary amides is 1. The van der Waals surface area contributed by atoms with Crippen LogP contribution in [0.15, 0.2) is 30.3 Å². The molecule has 1 heterocycles. The zero-order valence-corrected chi connectivity index (χ0v) is 30.7. The second-order valence-electron chi connectivity index (χ2n) is 11.4. The predicted octanol–water partition coefficient (Wildman–Crippen LogP) is 1.60. The van der Waals surface area contributed by atoms with Crippen LogP contribution in [0.1, 0.15) is 91.5 Å². The van der Waals surface area contributed by atoms with E-state index in [0.717, 1.165) is 32.2 Å². The predicted molar refractivity (Wildman–Crippen MR) is 193 cm³/mol. The maximum Gasteiger partial charge on any atom is 0.303 e. The summed E-state index contributed by atoms with van der Waals surface area (Å²) in [6.07, 6.45) is 6.42. The fourth-order valence-electron chi connectivity index (χ4n) is 4.51. The molecule has 1 aliphatic heterocycles. The van der Waals surface area contributed by atoms with Gasteiger partial charge in [-0.15, -0.1) is 0 Å². The number of carboxylic acids is 1. The molecule has 0 radical (unpaired) electrons. The number of nitrogens with two attached hydrogens (primary N) is 1. The van der Waals surface area contributed by atoms with Gasteiger partial charge in [0.1, 0.15) is 0 Å². The molecule has 0 aromatic heterocycles. The Morgan fingerprint density at radius 2 is 1.49 bits per heavy atom. The largest absolute Gasteiger partial charge is 0.483 e. The third kappa shape index (κ3) is 32.0. The van der Waals surface area contributed by atoms with E-state index in [1.165, 1.54) is 5.56 Å². The second kappa shape index (κ2) is 34.8. The smallest absolute Gasteiger partial charge is 0.303 e. The fraction of sp³-hybridized carbons (Fsp3) is 0.600. The molecule has 6 amide bonds. The van der Waals surface area contributed by atoms with Crippen molar-refractivity contribution in [1.29, 1.82) is 0 Å². The number of nitrogens with one attached hydrogen (secondary N) is 4. The number of rotatable bonds is 18. The summed E-state index contributed by atoms with van der Waals surface area (Å²) < 4.78 is 0. The molecular weight excluding hydrogens is 664 g/mol. The Hall–Kier alpha value is -5.02. The Bertz CT molecular complexity index is 1120. The van der Waals surface area contributed by atoms with Crippen molar-refractivity contribution in [3.63, 3.8) is 0 Å². The van der Waals surface area contributed by atoms with Crippen LogP contribution in [-0.4, -0.2) is 102 Å². The first-order valence-electron chi connectivity index (χ1n) is 17.1. The molecule has 1 fully saturated rings. The highest BCUT2D eigenvalue weighted by molar-refractivity contribution is 5.80. The number of nitrogens with zero attached hydrogens (tertiary/aromatic N) is 1. The third-order valence-corrected chi connectivity index (χ3v) is 7.21. The molecule has 1 aromatic rings. The summed E-state index contributed by atoms with van der Waals surface area (Å²) in [5.41, 5.74) is 5.38. The zero-order chi connectivity index (χ0) is 39.5. The summed E-state index contributed by atoms with van der Waals surface area (Å²) in [5.74, 6) is -0.222. The Balaban J connectivity index is -0.000000690. The molecule has 290 valence electrons. The van der Waals surface area contributed by atoms with E-state index in [4.69, 9.17) is 19.8 Å². The van der Waals surface area contributed by atoms with E-state index in [9.17, 15) is 28.8 Å². The van der Waals surface area contributed by atoms with Crippen LogP contribution in [0, 0.1) is 5.92 Å². The summed E-state index contributed by atoms with van der Waals surface area (Å²) in [6, 6.07) is 10.3. The average Bonchev–Trinajstić information content (AvgIpc) is 3.33. The van der Waals surface area contributed by atoms with E-state index >= 15 is 0 Å². The minimum absolute atomic E-state index is 0.0258. The summed E-state index contributed by atoms with van der Waals surface area (Å²) in [4.78, 5) is 84.1. The van der Waals surface area contributed by atoms with E-state index in [1.54, 1.807) is 0 Å². The lowest BCUT2D eigenvalue weighted by atomic mass is 10.1. The van der Waals surface area contributed by atoms with Gasteiger partial charge < -0.3 is 42.1 Å². The number of aryl methyl sites for hydroxylation is 1. The first-order chi connectivity index (χ1) is 24.3. The van der Waals surface area contributed by atoms with E-state index < -0.39 is 5.97 Å². The molecule has 0 bridgehead atoms. The molecule has 16 nitrogen and oxygen atoms in total. The molecule has 3 atom stereocenters. The Kier molecular flexibility index (Phi) is 34.4. The van der Waals surface area contributed by atoms with Crippen LogP contribution in [0.25, 0.3) is 0 Å². The molecular formula is C35H60N6O10. The maximum atomic E-state index is 11.8. The number of hydrogen-bond acceptors (Lipinski definition) is 8. The molecule has 2 rings (SSSR count). The fourth-order valence-corrected chi connectivity index (χ4v) is 4.51. The lowest BCUT2D eigenvalue weighted by Crippen LogP contribution is -2.33. The number of amides is 6. The van der Waals surface area contributed by atoms with E-state index in [2.05, 4.69) is 40.8 Å². The van der Waals surface area contributed by atoms with Gasteiger partial charge in [0, 0.05) is 57.4 Å². The van der Waals surface area contributed by atoms with Crippen molar-refractivity contribution in [2.24, 2.45) is 11.7 Å². The number of aliphatic carboxylic acids is 1. The average molecular weight is 725 g/mol. The number of hydrogen-bond donors (Lipinski definition) is 7. The molecule has 16 heteroatoms. The van der Waals surface area contributed by atoms with E-state index in [0.29, 0.717) is 57.1 Å². The van der Waals surface area contributed by atoms with Crippen LogP contribution >= 0.6 is 0 Å². The maximum absolute atomic E-state index is 11.8. The molecule has 0 aliphatic carbocycles. The van der Waals surface area contributed by atoms with Gasteiger partial charge in [-0.05, 0) is 64.9 Å². The second-order valence-corrected chi connectivity index (χ2v) is 11.4. The summed E-state index contributed by atoms with van der Waals surface area (Å²) in [5, 5.41) is 25.8. The van der Waals surface area contributed by atoms with Crippen molar-refractivity contribution in [3.05, 3.63) is 35.9 Å². The normalized spacial score (nSPS) is 14.4. The third-order valence-electron chi connectivity index (χ3n) is 7.21. The van der Waals surface area contributed by atoms with Crippen LogP contribution in [0.2, 0.25) is 0 Å². The van der Waals surface area contributed by atoms with Gasteiger partial charge in [0.25, 0.3) is 6.47 Å². The van der Waals surface area contributed by atoms with Crippen molar-refractivity contribution in [1.82, 2.24) is 26.2 Å². The molecule has 0 saturated carbocycles. The first-order valence-corrected chi connectivity index (χ1v) is 17.1. The molecule has 1 aliphatic rings. The van der Waals surface area contributed by atoms with Gasteiger partial charge in [0.2, 0.25) is 36.4 Å². The number of carbonyl (C=O) groups is 8. The monoisotopic (exact) mass is 724 g/mol. The lowest BCUT2D eigenvalue weighted by Gasteiger charge is -2.23. The molecule has 1 aromatic carbocycles. The van der Waals surface area contributed by atoms with Gasteiger partial charge in [-0.2, -0.15) is 0 Å². The Labute approximate surface area is 301 Å². The summed E-state index contributed by atoms with van der Waals surface area (Å²) >= 11 is 0. The molecule has 8 N–H and O–H groups in total. The molecule has 51 heavy (non-hydrogen) atoms. The van der Waals surface area contributed by atoms with Crippen LogP contribution in [-0.2, 0) is 44.8 Å². The number of benzene rings is 1. The van der Waals surface area contributed by atoms with Crippen molar-refractivity contribution in [3.8, 4) is 0 Å². The minimum atomic E-state index is -0.842. The first kappa shape index (κ1) is 50.4. The summed E-state index contributed by atoms with van der Waals surface area (Å²) in [7, 11) is 0. The number of carbonyl (C=O) groups excluding carboxylic acids is 6. The van der Waals surface area contributed by atoms with Crippen LogP contribution in [0.3, 0.4) is 0 Å². The van der Waals surface area contributed by atoms with Crippen molar-refractivity contribution >= 4 is 48.9 Å². The van der Waals surface area contributed by atoms with Gasteiger partial charge in [-0.3, -0.25) is 38.4 Å². The lowest BCUT2D eigenvalue weighted by molar-refractivity contribution is -0.137. The van der Waals surface area contributed by atoms with Crippen molar-refractivity contribution < 1.29 is 48.6 Å². The highest BCUT2D eigenvalue weighted by atomic mass is 16.4. The van der Waals surface area contributed by atoms with Gasteiger partial charge in [-0.25, -0.2) is 0 Å². The van der Waals surface area contributed by atoms with Crippen molar-refractivity contribution in [2.45, 2.75) is 104 Å². The summed E-state index contributed by atoms with van der Waals surface area (Å²) in [6.45, 7) is 11.7. The Morgan fingerprint density at radius 1 is 0.922 bits per heavy atom. The number of unbranched alkanes of at least 4 members (excludes halogenated alkanes) is 2. The van der Waals surface area contributed by atoms with Crippen LogP contribution < -0.4 is 27.0 Å². The number of carboxylic acid groups (broad SMARTS) is 2. The van der Waals surface area contributed by atoms with Crippen LogP contribution in [0.5, 0.6) is 0 Å². The van der Waals surface area contributed by atoms with E-state index in [-0.39, 0.29) is 55.5 Å². The highest BCUT2D eigenvalue weighted by Gasteiger charge is 2.33. The number of likely N-dealkylation sites (N-methyl/N-ethyl adjacent to an activating group) is 1. The molecule has 0 spiro atoms. The zero-order valence-electron chi connectivity index (χ0n) is 30.7. The standard InChI is InChI=1S/C17H30N2O4.C11H15NO.C5H10N2O2.CH3NO.CH2O2/c1-12-11-16(21)19(14(12)3)10-6-4-5-7-15(20)18-13(2)8-9-17(22)23;1-2-12-11(13)9-8-10-6-4-3-5-7-10;1-2-7-5(9)3-6-4-8;2*2-1-3/h12-14H,4-11H2,1-3H3,(H,18,20)(H,22,23);3-7H,2,8-9H2,1H3,(H,12,13);4H,2-3H2,1H3,(H,6,8)(H,7,9);1H,(H2,2,3);1H,(H,2,3).